The fraction of sp³-hybridized carbons (Fsp3) is 0.182. The van der Waals surface area contributed by atoms with E-state index in [-0.39, 0.29) is 5.91 Å². The number of amides is 1. The molecule has 1 amide bonds. The van der Waals surface area contributed by atoms with Gasteiger partial charge in [0.15, 0.2) is 0 Å². The van der Waals surface area contributed by atoms with Gasteiger partial charge in [-0.25, -0.2) is 0 Å². The van der Waals surface area contributed by atoms with E-state index in [9.17, 15) is 4.79 Å². The monoisotopic (exact) mass is 171 g/mol. The van der Waals surface area contributed by atoms with Gasteiger partial charge in [-0.05, 0) is 24.1 Å². The molecule has 1 aromatic carbocycles. The molecule has 3 rings (SSSR count). The average molecular weight is 171 g/mol. The fourth-order valence-electron chi connectivity index (χ4n) is 2.10. The van der Waals surface area contributed by atoms with Crippen molar-refractivity contribution in [3.8, 4) is 0 Å². The normalized spacial score (nSPS) is 17.8. The Hall–Kier alpha value is -1.57. The highest BCUT2D eigenvalue weighted by atomic mass is 16.1. The number of rotatable bonds is 0. The molecule has 0 radical (unpaired) electrons. The van der Waals surface area contributed by atoms with Gasteiger partial charge in [0.05, 0.1) is 0 Å². The minimum atomic E-state index is 0.0931. The molecule has 1 aromatic rings. The van der Waals surface area contributed by atoms with Crippen LogP contribution in [0.15, 0.2) is 18.2 Å². The first-order valence-electron chi connectivity index (χ1n) is 4.50. The van der Waals surface area contributed by atoms with Gasteiger partial charge in [-0.1, -0.05) is 18.2 Å². The van der Waals surface area contributed by atoms with Crippen molar-refractivity contribution in [1.82, 2.24) is 0 Å². The van der Waals surface area contributed by atoms with Crippen LogP contribution >= 0.6 is 0 Å². The van der Waals surface area contributed by atoms with Crippen molar-refractivity contribution in [2.75, 3.05) is 5.32 Å². The molecule has 0 saturated heterocycles. The van der Waals surface area contributed by atoms with Crippen molar-refractivity contribution >= 4 is 23.2 Å². The van der Waals surface area contributed by atoms with Crippen molar-refractivity contribution in [3.63, 3.8) is 0 Å². The molecule has 2 nitrogen and oxygen atoms in total. The predicted octanol–water partition coefficient (Wildman–Crippen LogP) is 0.364. The first-order chi connectivity index (χ1) is 6.36. The summed E-state index contributed by atoms with van der Waals surface area (Å²) in [6, 6.07) is 6.01. The van der Waals surface area contributed by atoms with Gasteiger partial charge >= 0.3 is 0 Å². The van der Waals surface area contributed by atoms with Gasteiger partial charge < -0.3 is 5.32 Å². The molecular formula is C11H9NO. The van der Waals surface area contributed by atoms with E-state index in [1.807, 2.05) is 12.1 Å². The van der Waals surface area contributed by atoms with E-state index < -0.39 is 0 Å². The zero-order chi connectivity index (χ0) is 8.84. The molecular weight excluding hydrogens is 162 g/mol. The zero-order valence-electron chi connectivity index (χ0n) is 7.13. The Morgan fingerprint density at radius 1 is 1.31 bits per heavy atom. The summed E-state index contributed by atoms with van der Waals surface area (Å²) in [6.07, 6.45) is 4.07. The molecule has 13 heavy (non-hydrogen) atoms. The summed E-state index contributed by atoms with van der Waals surface area (Å²) in [5, 5.41) is 5.23. The SMILES string of the molecule is O=C1Nc2cccc3c2=C1CCC=3. The summed E-state index contributed by atoms with van der Waals surface area (Å²) in [4.78, 5) is 11.5. The van der Waals surface area contributed by atoms with Crippen LogP contribution in [0, 0.1) is 0 Å². The van der Waals surface area contributed by atoms with E-state index in [2.05, 4.69) is 17.5 Å². The Kier molecular flexibility index (Phi) is 1.18. The lowest BCUT2D eigenvalue weighted by atomic mass is 10.0. The Bertz CT molecular complexity index is 513. The van der Waals surface area contributed by atoms with Crippen LogP contribution in [0.5, 0.6) is 0 Å². The van der Waals surface area contributed by atoms with E-state index >= 15 is 0 Å². The molecule has 0 unspecified atom stereocenters. The summed E-state index contributed by atoms with van der Waals surface area (Å²) in [5.74, 6) is 0.0931. The van der Waals surface area contributed by atoms with Crippen LogP contribution in [0.3, 0.4) is 0 Å². The molecule has 0 fully saturated rings. The van der Waals surface area contributed by atoms with Crippen molar-refractivity contribution in [2.24, 2.45) is 0 Å². The van der Waals surface area contributed by atoms with Gasteiger partial charge in [-0.3, -0.25) is 4.79 Å². The summed E-state index contributed by atoms with van der Waals surface area (Å²) >= 11 is 0. The minimum absolute atomic E-state index is 0.0931. The van der Waals surface area contributed by atoms with Gasteiger partial charge in [-0.15, -0.1) is 0 Å². The standard InChI is InChI=1S/C11H9NO/c13-11-8-5-1-3-7-4-2-6-9(12-11)10(7)8/h2-4,6H,1,5H2,(H,12,13). The van der Waals surface area contributed by atoms with Gasteiger partial charge in [0.25, 0.3) is 5.91 Å². The number of nitrogens with one attached hydrogen (secondary N) is 1. The van der Waals surface area contributed by atoms with Crippen LogP contribution in [-0.2, 0) is 4.79 Å². The highest BCUT2D eigenvalue weighted by Crippen LogP contribution is 2.17. The Labute approximate surface area is 75.6 Å². The maximum atomic E-state index is 11.5. The number of anilines is 1. The van der Waals surface area contributed by atoms with Gasteiger partial charge in [0.2, 0.25) is 0 Å². The quantitative estimate of drug-likeness (QED) is 0.600. The molecule has 1 N–H and O–H groups in total. The van der Waals surface area contributed by atoms with E-state index in [0.29, 0.717) is 0 Å². The smallest absolute Gasteiger partial charge is 0.252 e. The molecule has 1 aliphatic carbocycles. The van der Waals surface area contributed by atoms with Crippen LogP contribution in [-0.4, -0.2) is 5.91 Å². The molecule has 0 aromatic heterocycles. The Morgan fingerprint density at radius 2 is 2.23 bits per heavy atom. The molecule has 0 spiro atoms. The molecule has 0 saturated carbocycles. The summed E-state index contributed by atoms with van der Waals surface area (Å²) in [7, 11) is 0. The highest BCUT2D eigenvalue weighted by molar-refractivity contribution is 6.24. The van der Waals surface area contributed by atoms with Crippen LogP contribution in [0.2, 0.25) is 0 Å². The van der Waals surface area contributed by atoms with Gasteiger partial charge in [0, 0.05) is 16.5 Å². The van der Waals surface area contributed by atoms with E-state index in [1.54, 1.807) is 0 Å². The molecule has 2 aliphatic rings. The molecule has 0 atom stereocenters. The first kappa shape index (κ1) is 6.89. The van der Waals surface area contributed by atoms with E-state index in [0.717, 1.165) is 29.3 Å². The lowest BCUT2D eigenvalue weighted by molar-refractivity contribution is -0.111. The third kappa shape index (κ3) is 0.800. The zero-order valence-corrected chi connectivity index (χ0v) is 7.13. The van der Waals surface area contributed by atoms with Gasteiger partial charge in [0.1, 0.15) is 0 Å². The van der Waals surface area contributed by atoms with Crippen molar-refractivity contribution in [3.05, 3.63) is 28.6 Å². The lowest BCUT2D eigenvalue weighted by Crippen LogP contribution is -2.28. The second-order valence-corrected chi connectivity index (χ2v) is 3.45. The average Bonchev–Trinajstić information content (AvgIpc) is 2.47. The van der Waals surface area contributed by atoms with Crippen LogP contribution in [0.1, 0.15) is 12.8 Å². The molecule has 64 valence electrons. The van der Waals surface area contributed by atoms with Crippen molar-refractivity contribution in [1.29, 1.82) is 0 Å². The third-order valence-electron chi connectivity index (χ3n) is 2.68. The number of hydrogen-bond acceptors (Lipinski definition) is 1. The first-order valence-corrected chi connectivity index (χ1v) is 4.50. The maximum Gasteiger partial charge on any atom is 0.252 e. The van der Waals surface area contributed by atoms with Crippen molar-refractivity contribution in [2.45, 2.75) is 12.8 Å². The Morgan fingerprint density at radius 3 is 3.15 bits per heavy atom. The van der Waals surface area contributed by atoms with E-state index in [4.69, 9.17) is 0 Å². The maximum absolute atomic E-state index is 11.5. The fourth-order valence-corrected chi connectivity index (χ4v) is 2.10. The summed E-state index contributed by atoms with van der Waals surface area (Å²) in [5.41, 5.74) is 1.95. The lowest BCUT2D eigenvalue weighted by Gasteiger charge is -2.01. The third-order valence-corrected chi connectivity index (χ3v) is 2.68. The number of benzene rings is 1. The number of hydrogen-bond donors (Lipinski definition) is 1. The largest absolute Gasteiger partial charge is 0.322 e. The van der Waals surface area contributed by atoms with Gasteiger partial charge in [-0.2, -0.15) is 0 Å². The second-order valence-electron chi connectivity index (χ2n) is 3.45. The predicted molar refractivity (Wildman–Crippen MR) is 51.4 cm³/mol. The molecule has 1 aliphatic heterocycles. The molecule has 0 bridgehead atoms. The minimum Gasteiger partial charge on any atom is -0.322 e. The summed E-state index contributed by atoms with van der Waals surface area (Å²) < 4.78 is 0. The summed E-state index contributed by atoms with van der Waals surface area (Å²) in [6.45, 7) is 0. The Balaban J connectivity index is 2.56. The second kappa shape index (κ2) is 2.22. The van der Waals surface area contributed by atoms with Crippen LogP contribution in [0.25, 0.3) is 11.6 Å². The highest BCUT2D eigenvalue weighted by Gasteiger charge is 2.21. The number of carbonyl (C=O) groups is 1. The van der Waals surface area contributed by atoms with E-state index in [1.165, 1.54) is 5.22 Å². The van der Waals surface area contributed by atoms with Crippen molar-refractivity contribution < 1.29 is 4.79 Å². The number of carbonyl (C=O) groups excluding carboxylic acids is 1. The molecule has 2 heteroatoms. The van der Waals surface area contributed by atoms with Crippen LogP contribution in [0.4, 0.5) is 5.69 Å². The van der Waals surface area contributed by atoms with Crippen LogP contribution < -0.4 is 15.8 Å². The molecule has 1 heterocycles. The topological polar surface area (TPSA) is 29.1 Å².